The minimum atomic E-state index is -0.838. The van der Waals surface area contributed by atoms with E-state index < -0.39 is 11.4 Å². The summed E-state index contributed by atoms with van der Waals surface area (Å²) < 4.78 is 6.65. The zero-order chi connectivity index (χ0) is 18.7. The van der Waals surface area contributed by atoms with Gasteiger partial charge >= 0.3 is 0 Å². The summed E-state index contributed by atoms with van der Waals surface area (Å²) in [6.07, 6.45) is 1.53. The van der Waals surface area contributed by atoms with Gasteiger partial charge in [-0.05, 0) is 38.1 Å². The molecule has 0 saturated carbocycles. The number of hydrogen-bond acceptors (Lipinski definition) is 4. The second-order valence-corrected chi connectivity index (χ2v) is 6.62. The zero-order valence-electron chi connectivity index (χ0n) is 14.7. The molecule has 2 heterocycles. The third-order valence-electron chi connectivity index (χ3n) is 4.22. The molecule has 0 aliphatic rings. The van der Waals surface area contributed by atoms with Crippen LogP contribution in [0.3, 0.4) is 0 Å². The summed E-state index contributed by atoms with van der Waals surface area (Å²) in [6, 6.07) is 13.7. The monoisotopic (exact) mass is 355 g/mol. The molecule has 0 unspecified atom stereocenters. The van der Waals surface area contributed by atoms with Crippen molar-refractivity contribution in [3.8, 4) is 5.69 Å². The van der Waals surface area contributed by atoms with E-state index in [-0.39, 0.29) is 24.4 Å². The molecule has 0 radical (unpaired) electrons. The topological polar surface area (TPSA) is 91.5 Å². The Morgan fingerprint density at radius 2 is 1.96 bits per heavy atom. The number of aliphatic hydroxyl groups is 1. The minimum Gasteiger partial charge on any atom is -0.467 e. The molecule has 7 heteroatoms. The van der Waals surface area contributed by atoms with E-state index in [0.29, 0.717) is 11.4 Å². The van der Waals surface area contributed by atoms with Gasteiger partial charge in [0.15, 0.2) is 0 Å². The first kappa shape index (κ1) is 17.8. The van der Waals surface area contributed by atoms with E-state index >= 15 is 0 Å². The second-order valence-electron chi connectivity index (χ2n) is 6.62. The van der Waals surface area contributed by atoms with Gasteiger partial charge in [-0.25, -0.2) is 4.68 Å². The van der Waals surface area contributed by atoms with Crippen molar-refractivity contribution in [3.05, 3.63) is 76.6 Å². The molecule has 3 rings (SSSR count). The third kappa shape index (κ3) is 3.48. The van der Waals surface area contributed by atoms with Crippen molar-refractivity contribution >= 4 is 5.91 Å². The van der Waals surface area contributed by atoms with Gasteiger partial charge in [0.25, 0.3) is 11.5 Å². The summed E-state index contributed by atoms with van der Waals surface area (Å²) in [5.41, 5.74) is -0.392. The van der Waals surface area contributed by atoms with Crippen LogP contribution in [0.5, 0.6) is 0 Å². The number of hydrogen-bond donors (Lipinski definition) is 2. The number of furan rings is 1. The summed E-state index contributed by atoms with van der Waals surface area (Å²) in [5, 5.41) is 12.6. The fraction of sp³-hybridized carbons (Fsp3) is 0.263. The molecule has 0 fully saturated rings. The van der Waals surface area contributed by atoms with Gasteiger partial charge in [-0.1, -0.05) is 18.2 Å². The van der Waals surface area contributed by atoms with Crippen molar-refractivity contribution in [2.45, 2.75) is 25.9 Å². The maximum Gasteiger partial charge on any atom is 0.272 e. The number of carbonyl (C=O) groups excluding carboxylic acids is 1. The largest absolute Gasteiger partial charge is 0.467 e. The lowest BCUT2D eigenvalue weighted by atomic mass is 10.0. The Morgan fingerprint density at radius 3 is 2.58 bits per heavy atom. The number of amides is 1. The van der Waals surface area contributed by atoms with Crippen LogP contribution in [0.15, 0.2) is 64.0 Å². The quantitative estimate of drug-likeness (QED) is 0.709. The molecule has 1 aromatic carbocycles. The van der Waals surface area contributed by atoms with Crippen molar-refractivity contribution in [1.29, 1.82) is 0 Å². The maximum absolute atomic E-state index is 13.1. The summed E-state index contributed by atoms with van der Waals surface area (Å²) >= 11 is 0. The average molecular weight is 355 g/mol. The van der Waals surface area contributed by atoms with Gasteiger partial charge in [0.05, 0.1) is 30.6 Å². The van der Waals surface area contributed by atoms with Gasteiger partial charge in [-0.15, -0.1) is 0 Å². The summed E-state index contributed by atoms with van der Waals surface area (Å²) in [7, 11) is 0. The normalized spacial score (nSPS) is 11.5. The number of H-pyrrole nitrogens is 1. The van der Waals surface area contributed by atoms with Crippen LogP contribution in [0.25, 0.3) is 5.69 Å². The fourth-order valence-corrected chi connectivity index (χ4v) is 2.62. The highest BCUT2D eigenvalue weighted by Gasteiger charge is 2.33. The SMILES string of the molecule is CC(C)(CO)N(Cc1ccco1)C(=O)c1cc(=O)n(-c2ccccc2)[nH]1. The first-order valence-corrected chi connectivity index (χ1v) is 8.25. The molecular weight excluding hydrogens is 334 g/mol. The van der Waals surface area contributed by atoms with Crippen LogP contribution in [0.1, 0.15) is 30.1 Å². The van der Waals surface area contributed by atoms with Gasteiger partial charge in [-0.2, -0.15) is 0 Å². The molecular formula is C19H21N3O4. The van der Waals surface area contributed by atoms with Crippen molar-refractivity contribution in [3.63, 3.8) is 0 Å². The molecule has 3 aromatic rings. The second kappa shape index (κ2) is 7.05. The summed E-state index contributed by atoms with van der Waals surface area (Å²) in [5.74, 6) is 0.192. The number of aliphatic hydroxyl groups excluding tert-OH is 1. The van der Waals surface area contributed by atoms with E-state index in [1.54, 1.807) is 38.1 Å². The van der Waals surface area contributed by atoms with Gasteiger partial charge in [0, 0.05) is 6.07 Å². The zero-order valence-corrected chi connectivity index (χ0v) is 14.7. The predicted octanol–water partition coefficient (Wildman–Crippen LogP) is 2.17. The molecule has 0 atom stereocenters. The number of carbonyl (C=O) groups is 1. The highest BCUT2D eigenvalue weighted by atomic mass is 16.3. The van der Waals surface area contributed by atoms with Crippen LogP contribution in [0, 0.1) is 0 Å². The van der Waals surface area contributed by atoms with E-state index in [1.165, 1.54) is 21.9 Å². The molecule has 2 aromatic heterocycles. The fourth-order valence-electron chi connectivity index (χ4n) is 2.62. The van der Waals surface area contributed by atoms with Gasteiger partial charge < -0.3 is 14.4 Å². The lowest BCUT2D eigenvalue weighted by molar-refractivity contribution is 0.0309. The van der Waals surface area contributed by atoms with Gasteiger partial charge in [-0.3, -0.25) is 14.7 Å². The van der Waals surface area contributed by atoms with Crippen LogP contribution in [0.4, 0.5) is 0 Å². The standard InChI is InChI=1S/C19H21N3O4/c1-19(2,13-23)21(12-15-9-6-10-26-15)18(25)16-11-17(24)22(20-16)14-7-4-3-5-8-14/h3-11,20,23H,12-13H2,1-2H3. The van der Waals surface area contributed by atoms with E-state index in [4.69, 9.17) is 4.42 Å². The Morgan fingerprint density at radius 1 is 1.23 bits per heavy atom. The first-order chi connectivity index (χ1) is 12.4. The number of para-hydroxylation sites is 1. The molecule has 1 amide bonds. The molecule has 0 saturated heterocycles. The number of nitrogens with zero attached hydrogens (tertiary/aromatic N) is 2. The Hall–Kier alpha value is -3.06. The van der Waals surface area contributed by atoms with Crippen molar-refractivity contribution in [2.75, 3.05) is 6.61 Å². The third-order valence-corrected chi connectivity index (χ3v) is 4.22. The van der Waals surface area contributed by atoms with E-state index in [1.807, 2.05) is 18.2 Å². The first-order valence-electron chi connectivity index (χ1n) is 8.25. The number of benzene rings is 1. The maximum atomic E-state index is 13.1. The minimum absolute atomic E-state index is 0.145. The highest BCUT2D eigenvalue weighted by Crippen LogP contribution is 2.20. The molecule has 0 aliphatic heterocycles. The van der Waals surface area contributed by atoms with E-state index in [9.17, 15) is 14.7 Å². The molecule has 0 aliphatic carbocycles. The highest BCUT2D eigenvalue weighted by molar-refractivity contribution is 5.92. The number of aromatic amines is 1. The van der Waals surface area contributed by atoms with E-state index in [2.05, 4.69) is 5.10 Å². The van der Waals surface area contributed by atoms with Crippen LogP contribution in [-0.2, 0) is 6.54 Å². The van der Waals surface area contributed by atoms with Crippen LogP contribution >= 0.6 is 0 Å². The van der Waals surface area contributed by atoms with Crippen LogP contribution in [-0.4, -0.2) is 37.8 Å². The van der Waals surface area contributed by atoms with Crippen LogP contribution < -0.4 is 5.56 Å². The molecule has 7 nitrogen and oxygen atoms in total. The lowest BCUT2D eigenvalue weighted by Crippen LogP contribution is -2.49. The smallest absolute Gasteiger partial charge is 0.272 e. The molecule has 0 bridgehead atoms. The van der Waals surface area contributed by atoms with Crippen molar-refractivity contribution < 1.29 is 14.3 Å². The Bertz CT molecular complexity index is 923. The molecule has 26 heavy (non-hydrogen) atoms. The molecule has 136 valence electrons. The summed E-state index contributed by atoms with van der Waals surface area (Å²) in [4.78, 5) is 26.8. The van der Waals surface area contributed by atoms with E-state index in [0.717, 1.165) is 0 Å². The number of aromatic nitrogens is 2. The predicted molar refractivity (Wildman–Crippen MR) is 96.1 cm³/mol. The van der Waals surface area contributed by atoms with Crippen molar-refractivity contribution in [1.82, 2.24) is 14.7 Å². The average Bonchev–Trinajstić information content (AvgIpc) is 3.29. The Balaban J connectivity index is 1.96. The number of nitrogens with one attached hydrogen (secondary N) is 1. The Labute approximate surface area is 150 Å². The molecule has 0 spiro atoms. The molecule has 2 N–H and O–H groups in total. The summed E-state index contributed by atoms with van der Waals surface area (Å²) in [6.45, 7) is 3.45. The number of rotatable bonds is 6. The van der Waals surface area contributed by atoms with Gasteiger partial charge in [0.1, 0.15) is 11.5 Å². The van der Waals surface area contributed by atoms with Crippen molar-refractivity contribution in [2.24, 2.45) is 0 Å². The lowest BCUT2D eigenvalue weighted by Gasteiger charge is -2.36. The van der Waals surface area contributed by atoms with Crippen LogP contribution in [0.2, 0.25) is 0 Å². The van der Waals surface area contributed by atoms with Gasteiger partial charge in [0.2, 0.25) is 0 Å². The Kier molecular flexibility index (Phi) is 4.81.